The quantitative estimate of drug-likeness (QED) is 0.695. The van der Waals surface area contributed by atoms with Crippen LogP contribution in [0.3, 0.4) is 0 Å². The molecule has 1 atom stereocenters. The van der Waals surface area contributed by atoms with Crippen molar-refractivity contribution in [3.63, 3.8) is 0 Å². The van der Waals surface area contributed by atoms with Gasteiger partial charge in [-0.05, 0) is 31.5 Å². The smallest absolute Gasteiger partial charge is 0.307 e. The van der Waals surface area contributed by atoms with Crippen molar-refractivity contribution in [1.29, 1.82) is 0 Å². The number of esters is 1. The number of carbonyl (C=O) groups is 2. The molecular formula is C17H25NO5. The van der Waals surface area contributed by atoms with E-state index in [9.17, 15) is 14.7 Å². The molecule has 23 heavy (non-hydrogen) atoms. The molecule has 0 radical (unpaired) electrons. The fourth-order valence-corrected chi connectivity index (χ4v) is 2.13. The molecule has 0 fully saturated rings. The van der Waals surface area contributed by atoms with Crippen molar-refractivity contribution in [1.82, 2.24) is 4.90 Å². The van der Waals surface area contributed by atoms with Crippen molar-refractivity contribution >= 4 is 11.9 Å². The standard InChI is InChI=1S/C17H25NO5/c1-4-23-17(21)9-10-18(12-13(2)19)16(20)11-14-5-7-15(22-3)8-6-14/h5-8,13,19H,4,9-12H2,1-3H3. The Kier molecular flexibility index (Phi) is 8.11. The lowest BCUT2D eigenvalue weighted by molar-refractivity contribution is -0.144. The zero-order chi connectivity index (χ0) is 17.2. The highest BCUT2D eigenvalue weighted by atomic mass is 16.5. The second kappa shape index (κ2) is 9.84. The summed E-state index contributed by atoms with van der Waals surface area (Å²) in [6.07, 6.45) is -0.328. The van der Waals surface area contributed by atoms with E-state index in [0.29, 0.717) is 6.61 Å². The molecule has 1 N–H and O–H groups in total. The van der Waals surface area contributed by atoms with E-state index in [1.807, 2.05) is 12.1 Å². The van der Waals surface area contributed by atoms with Crippen LogP contribution in [-0.4, -0.2) is 54.8 Å². The number of rotatable bonds is 9. The Morgan fingerprint density at radius 1 is 1.26 bits per heavy atom. The Hall–Kier alpha value is -2.08. The summed E-state index contributed by atoms with van der Waals surface area (Å²) in [5, 5.41) is 9.55. The van der Waals surface area contributed by atoms with Gasteiger partial charge in [0.15, 0.2) is 0 Å². The van der Waals surface area contributed by atoms with Crippen LogP contribution in [0.25, 0.3) is 0 Å². The van der Waals surface area contributed by atoms with Crippen molar-refractivity contribution in [2.24, 2.45) is 0 Å². The average Bonchev–Trinajstić information content (AvgIpc) is 2.52. The van der Waals surface area contributed by atoms with Gasteiger partial charge in [0.1, 0.15) is 5.75 Å². The van der Waals surface area contributed by atoms with Gasteiger partial charge in [0.05, 0.1) is 32.7 Å². The minimum atomic E-state index is -0.656. The van der Waals surface area contributed by atoms with Crippen LogP contribution in [0.1, 0.15) is 25.8 Å². The first-order valence-corrected chi connectivity index (χ1v) is 7.70. The van der Waals surface area contributed by atoms with Crippen molar-refractivity contribution in [2.45, 2.75) is 32.8 Å². The Morgan fingerprint density at radius 3 is 2.43 bits per heavy atom. The molecule has 1 rings (SSSR count). The summed E-state index contributed by atoms with van der Waals surface area (Å²) in [4.78, 5) is 25.3. The molecule has 0 aliphatic heterocycles. The number of amides is 1. The van der Waals surface area contributed by atoms with Crippen molar-refractivity contribution in [2.75, 3.05) is 26.8 Å². The molecule has 0 spiro atoms. The molecule has 0 bridgehead atoms. The molecule has 0 saturated heterocycles. The maximum Gasteiger partial charge on any atom is 0.307 e. The highest BCUT2D eigenvalue weighted by Crippen LogP contribution is 2.12. The SMILES string of the molecule is CCOC(=O)CCN(CC(C)O)C(=O)Cc1ccc(OC)cc1. The van der Waals surface area contributed by atoms with Crippen molar-refractivity contribution in [3.8, 4) is 5.75 Å². The molecule has 0 saturated carbocycles. The van der Waals surface area contributed by atoms with Gasteiger partial charge in [-0.3, -0.25) is 9.59 Å². The van der Waals surface area contributed by atoms with Crippen LogP contribution in [0.15, 0.2) is 24.3 Å². The predicted molar refractivity (Wildman–Crippen MR) is 86.2 cm³/mol. The topological polar surface area (TPSA) is 76.1 Å². The van der Waals surface area contributed by atoms with Gasteiger partial charge in [0.25, 0.3) is 0 Å². The Balaban J connectivity index is 2.64. The average molecular weight is 323 g/mol. The largest absolute Gasteiger partial charge is 0.497 e. The number of nitrogens with zero attached hydrogens (tertiary/aromatic N) is 1. The van der Waals surface area contributed by atoms with E-state index in [1.54, 1.807) is 33.1 Å². The third-order valence-electron chi connectivity index (χ3n) is 3.24. The molecule has 1 aromatic rings. The second-order valence-electron chi connectivity index (χ2n) is 5.27. The van der Waals surface area contributed by atoms with Crippen LogP contribution in [0.5, 0.6) is 5.75 Å². The predicted octanol–water partition coefficient (Wildman–Crippen LogP) is 1.40. The third kappa shape index (κ3) is 7.15. The molecule has 6 heteroatoms. The first-order chi connectivity index (χ1) is 11.0. The van der Waals surface area contributed by atoms with E-state index in [2.05, 4.69) is 0 Å². The first kappa shape index (κ1) is 19.0. The van der Waals surface area contributed by atoms with Crippen LogP contribution in [0, 0.1) is 0 Å². The molecule has 1 aromatic carbocycles. The first-order valence-electron chi connectivity index (χ1n) is 7.70. The molecule has 128 valence electrons. The van der Waals surface area contributed by atoms with Gasteiger partial charge in [-0.15, -0.1) is 0 Å². The van der Waals surface area contributed by atoms with Gasteiger partial charge in [-0.1, -0.05) is 12.1 Å². The summed E-state index contributed by atoms with van der Waals surface area (Å²) >= 11 is 0. The maximum atomic E-state index is 12.4. The lowest BCUT2D eigenvalue weighted by Crippen LogP contribution is -2.39. The van der Waals surface area contributed by atoms with Crippen LogP contribution in [0.2, 0.25) is 0 Å². The van der Waals surface area contributed by atoms with Crippen LogP contribution < -0.4 is 4.74 Å². The molecule has 0 aliphatic rings. The molecule has 0 aromatic heterocycles. The summed E-state index contributed by atoms with van der Waals surface area (Å²) in [6, 6.07) is 7.23. The molecule has 0 aliphatic carbocycles. The second-order valence-corrected chi connectivity index (χ2v) is 5.27. The van der Waals surface area contributed by atoms with Gasteiger partial charge >= 0.3 is 5.97 Å². The lowest BCUT2D eigenvalue weighted by Gasteiger charge is -2.24. The third-order valence-corrected chi connectivity index (χ3v) is 3.24. The normalized spacial score (nSPS) is 11.7. The van der Waals surface area contributed by atoms with Gasteiger partial charge in [-0.2, -0.15) is 0 Å². The van der Waals surface area contributed by atoms with E-state index >= 15 is 0 Å². The Labute approximate surface area is 137 Å². The zero-order valence-corrected chi connectivity index (χ0v) is 13.9. The van der Waals surface area contributed by atoms with Crippen molar-refractivity contribution in [3.05, 3.63) is 29.8 Å². The zero-order valence-electron chi connectivity index (χ0n) is 13.9. The number of benzene rings is 1. The van der Waals surface area contributed by atoms with Gasteiger partial charge in [0.2, 0.25) is 5.91 Å². The van der Waals surface area contributed by atoms with E-state index in [4.69, 9.17) is 9.47 Å². The van der Waals surface area contributed by atoms with E-state index in [-0.39, 0.29) is 37.8 Å². The number of hydrogen-bond donors (Lipinski definition) is 1. The Bertz CT molecular complexity index is 498. The van der Waals surface area contributed by atoms with E-state index < -0.39 is 6.10 Å². The summed E-state index contributed by atoms with van der Waals surface area (Å²) in [5.74, 6) is 0.241. The summed E-state index contributed by atoms with van der Waals surface area (Å²) in [5.41, 5.74) is 0.850. The number of ether oxygens (including phenoxy) is 2. The highest BCUT2D eigenvalue weighted by molar-refractivity contribution is 5.79. The van der Waals surface area contributed by atoms with E-state index in [1.165, 1.54) is 4.90 Å². The molecular weight excluding hydrogens is 298 g/mol. The summed E-state index contributed by atoms with van der Waals surface area (Å²) < 4.78 is 9.95. The fourth-order valence-electron chi connectivity index (χ4n) is 2.13. The monoisotopic (exact) mass is 323 g/mol. The fraction of sp³-hybridized carbons (Fsp3) is 0.529. The number of methoxy groups -OCH3 is 1. The molecule has 6 nitrogen and oxygen atoms in total. The number of carbonyl (C=O) groups excluding carboxylic acids is 2. The lowest BCUT2D eigenvalue weighted by atomic mass is 10.1. The minimum Gasteiger partial charge on any atom is -0.497 e. The van der Waals surface area contributed by atoms with Crippen molar-refractivity contribution < 1.29 is 24.2 Å². The summed E-state index contributed by atoms with van der Waals surface area (Å²) in [7, 11) is 1.58. The minimum absolute atomic E-state index is 0.120. The number of aliphatic hydroxyl groups is 1. The molecule has 0 heterocycles. The van der Waals surface area contributed by atoms with Gasteiger partial charge in [0, 0.05) is 13.1 Å². The van der Waals surface area contributed by atoms with Gasteiger partial charge < -0.3 is 19.5 Å². The van der Waals surface area contributed by atoms with Gasteiger partial charge in [-0.25, -0.2) is 0 Å². The number of hydrogen-bond acceptors (Lipinski definition) is 5. The maximum absolute atomic E-state index is 12.4. The molecule has 1 unspecified atom stereocenters. The number of aliphatic hydroxyl groups excluding tert-OH is 1. The van der Waals surface area contributed by atoms with Crippen LogP contribution >= 0.6 is 0 Å². The highest BCUT2D eigenvalue weighted by Gasteiger charge is 2.17. The van der Waals surface area contributed by atoms with Crippen LogP contribution in [-0.2, 0) is 20.7 Å². The Morgan fingerprint density at radius 2 is 1.91 bits per heavy atom. The van der Waals surface area contributed by atoms with Crippen LogP contribution in [0.4, 0.5) is 0 Å². The summed E-state index contributed by atoms with van der Waals surface area (Å²) in [6.45, 7) is 4.08. The molecule has 1 amide bonds. The van der Waals surface area contributed by atoms with E-state index in [0.717, 1.165) is 11.3 Å².